The zero-order valence-electron chi connectivity index (χ0n) is 7.88. The zero-order chi connectivity index (χ0) is 10.3. The fourth-order valence-corrected chi connectivity index (χ4v) is 0. The van der Waals surface area contributed by atoms with Gasteiger partial charge in [0, 0.05) is 28.2 Å². The second-order valence-electron chi connectivity index (χ2n) is 2.32. The van der Waals surface area contributed by atoms with Crippen molar-refractivity contribution in [1.29, 1.82) is 0 Å². The summed E-state index contributed by atoms with van der Waals surface area (Å²) in [6.07, 6.45) is 0. The minimum absolute atomic E-state index is 0. The molecule has 13 heavy (non-hydrogen) atoms. The van der Waals surface area contributed by atoms with Crippen LogP contribution < -0.4 is 0 Å². The Hall–Kier alpha value is 0.843. The first-order chi connectivity index (χ1) is 5.29. The van der Waals surface area contributed by atoms with Crippen LogP contribution in [0.25, 0.3) is 0 Å². The maximum Gasteiger partial charge on any atom is 2.00 e. The van der Waals surface area contributed by atoms with Crippen LogP contribution in [0.1, 0.15) is 0 Å². The van der Waals surface area contributed by atoms with Crippen LogP contribution in [0.2, 0.25) is 0 Å². The molecule has 0 aliphatic carbocycles. The van der Waals surface area contributed by atoms with Crippen LogP contribution in [0.5, 0.6) is 0 Å². The Kier molecular flexibility index (Phi) is 16.3. The monoisotopic (exact) mass is 342 g/mol. The largest absolute Gasteiger partial charge is 2.00 e. The third-order valence-corrected chi connectivity index (χ3v) is 2.19. The van der Waals surface area contributed by atoms with Crippen LogP contribution in [-0.2, 0) is 44.7 Å². The molecule has 0 radical (unpaired) electrons. The molecule has 0 saturated carbocycles. The summed E-state index contributed by atoms with van der Waals surface area (Å²) in [7, 11) is 7.31. The van der Waals surface area contributed by atoms with Crippen LogP contribution >= 0.6 is 24.4 Å². The van der Waals surface area contributed by atoms with E-state index in [1.165, 1.54) is 0 Å². The van der Waals surface area contributed by atoms with E-state index in [9.17, 15) is 0 Å². The van der Waals surface area contributed by atoms with Crippen LogP contribution in [-0.4, -0.2) is 46.6 Å². The summed E-state index contributed by atoms with van der Waals surface area (Å²) in [5, 5.41) is 0. The van der Waals surface area contributed by atoms with Crippen LogP contribution in [0.4, 0.5) is 0 Å². The van der Waals surface area contributed by atoms with Crippen molar-refractivity contribution in [3.8, 4) is 0 Å². The summed E-state index contributed by atoms with van der Waals surface area (Å²) in [6.45, 7) is 0. The molecule has 78 valence electrons. The van der Waals surface area contributed by atoms with Crippen molar-refractivity contribution in [1.82, 2.24) is 9.80 Å². The van der Waals surface area contributed by atoms with Crippen molar-refractivity contribution in [2.24, 2.45) is 0 Å². The van der Waals surface area contributed by atoms with E-state index in [1.807, 2.05) is 28.2 Å². The van der Waals surface area contributed by atoms with E-state index in [1.54, 1.807) is 9.80 Å². The van der Waals surface area contributed by atoms with Crippen LogP contribution in [0, 0.1) is 0 Å². The fourth-order valence-electron chi connectivity index (χ4n) is 0. The Morgan fingerprint density at radius 3 is 0.923 bits per heavy atom. The summed E-state index contributed by atoms with van der Waals surface area (Å²) < 4.78 is 1.02. The van der Waals surface area contributed by atoms with E-state index >= 15 is 0 Å². The molecule has 0 amide bonds. The third kappa shape index (κ3) is 19.3. The van der Waals surface area contributed by atoms with Crippen LogP contribution in [0.3, 0.4) is 0 Å². The van der Waals surface area contributed by atoms with E-state index in [0.29, 0.717) is 8.64 Å². The molecule has 0 aromatic carbocycles. The predicted molar refractivity (Wildman–Crippen MR) is 67.3 cm³/mol. The summed E-state index contributed by atoms with van der Waals surface area (Å²) in [5.41, 5.74) is 0. The van der Waals surface area contributed by atoms with Gasteiger partial charge in [-0.25, -0.2) is 0 Å². The van der Waals surface area contributed by atoms with Gasteiger partial charge in [-0.2, -0.15) is 0 Å². The van der Waals surface area contributed by atoms with Gasteiger partial charge in [0.15, 0.2) is 0 Å². The van der Waals surface area contributed by atoms with Gasteiger partial charge in [0.1, 0.15) is 0 Å². The molecular formula is C6H12N2RuS4. The minimum atomic E-state index is 0. The molecule has 0 spiro atoms. The molecule has 0 atom stereocenters. The van der Waals surface area contributed by atoms with Crippen LogP contribution in [0.15, 0.2) is 0 Å². The molecule has 0 aliphatic rings. The first kappa shape index (κ1) is 19.4. The van der Waals surface area contributed by atoms with Crippen molar-refractivity contribution in [3.63, 3.8) is 0 Å². The van der Waals surface area contributed by atoms with E-state index in [0.717, 1.165) is 0 Å². The van der Waals surface area contributed by atoms with E-state index < -0.39 is 0 Å². The van der Waals surface area contributed by atoms with Crippen molar-refractivity contribution >= 4 is 58.3 Å². The molecule has 0 N–H and O–H groups in total. The second-order valence-corrected chi connectivity index (χ2v) is 4.38. The third-order valence-electron chi connectivity index (χ3n) is 0.730. The maximum atomic E-state index is 4.56. The second kappa shape index (κ2) is 10.9. The predicted octanol–water partition coefficient (Wildman–Crippen LogP) is 0.757. The first-order valence-electron chi connectivity index (χ1n) is 3.05. The topological polar surface area (TPSA) is 6.48 Å². The average Bonchev–Trinajstić information content (AvgIpc) is 1.88. The number of thiocarbonyl (C=S) groups is 2. The molecule has 0 aliphatic heterocycles. The number of nitrogens with zero attached hydrogens (tertiary/aromatic N) is 2. The Morgan fingerprint density at radius 2 is 0.923 bits per heavy atom. The molecule has 2 nitrogen and oxygen atoms in total. The van der Waals surface area contributed by atoms with E-state index in [2.05, 4.69) is 49.7 Å². The van der Waals surface area contributed by atoms with Gasteiger partial charge in [-0.05, 0) is 0 Å². The van der Waals surface area contributed by atoms with Gasteiger partial charge in [-0.15, -0.1) is 0 Å². The Balaban J connectivity index is -0.000000143. The zero-order valence-corrected chi connectivity index (χ0v) is 12.9. The normalized spacial score (nSPS) is 7.08. The standard InChI is InChI=1S/2C3H7NS2.Ru/c2*1-4(2)3(5)6;/h2*1-2H3,(H,5,6);/q;;+2/p-2. The fraction of sp³-hybridized carbons (Fsp3) is 0.667. The smallest absolute Gasteiger partial charge is 0.411 e. The Morgan fingerprint density at radius 1 is 0.846 bits per heavy atom. The molecule has 0 bridgehead atoms. The van der Waals surface area contributed by atoms with Gasteiger partial charge in [-0.3, -0.25) is 0 Å². The summed E-state index contributed by atoms with van der Waals surface area (Å²) in [4.78, 5) is 3.43. The van der Waals surface area contributed by atoms with Gasteiger partial charge in [0.25, 0.3) is 0 Å². The minimum Gasteiger partial charge on any atom is -0.411 e. The first-order valence-corrected chi connectivity index (χ1v) is 4.69. The number of rotatable bonds is 0. The quantitative estimate of drug-likeness (QED) is 0.362. The molecule has 0 unspecified atom stereocenters. The summed E-state index contributed by atoms with van der Waals surface area (Å²) in [6, 6.07) is 0. The van der Waals surface area contributed by atoms with Gasteiger partial charge in [-0.1, -0.05) is 8.64 Å². The van der Waals surface area contributed by atoms with Gasteiger partial charge in [0.05, 0.1) is 0 Å². The van der Waals surface area contributed by atoms with E-state index in [-0.39, 0.29) is 19.5 Å². The summed E-state index contributed by atoms with van der Waals surface area (Å²) >= 11 is 18.2. The molecule has 0 rings (SSSR count). The summed E-state index contributed by atoms with van der Waals surface area (Å²) in [5.74, 6) is 0. The molecule has 0 heterocycles. The Bertz CT molecular complexity index is 143. The van der Waals surface area contributed by atoms with Gasteiger partial charge >= 0.3 is 19.5 Å². The van der Waals surface area contributed by atoms with Crippen molar-refractivity contribution in [2.45, 2.75) is 0 Å². The molecule has 7 heteroatoms. The van der Waals surface area contributed by atoms with Gasteiger partial charge < -0.3 is 59.5 Å². The molecule has 0 aromatic heterocycles. The Labute approximate surface area is 115 Å². The molecular weight excluding hydrogens is 329 g/mol. The maximum absolute atomic E-state index is 4.56. The van der Waals surface area contributed by atoms with E-state index in [4.69, 9.17) is 0 Å². The SMILES string of the molecule is CN(C)C(=S)[S-].CN(C)C(=S)[S-].[Ru+2]. The van der Waals surface area contributed by atoms with Gasteiger partial charge in [0.2, 0.25) is 0 Å². The number of hydrogen-bond donors (Lipinski definition) is 0. The number of hydrogen-bond acceptors (Lipinski definition) is 4. The molecule has 0 saturated heterocycles. The van der Waals surface area contributed by atoms with Crippen molar-refractivity contribution in [3.05, 3.63) is 0 Å². The average molecular weight is 342 g/mol. The molecule has 0 fully saturated rings. The van der Waals surface area contributed by atoms with Crippen molar-refractivity contribution < 1.29 is 19.5 Å². The molecule has 0 aromatic rings. The van der Waals surface area contributed by atoms with Crippen molar-refractivity contribution in [2.75, 3.05) is 28.2 Å².